The lowest BCUT2D eigenvalue weighted by Gasteiger charge is -2.32. The third-order valence-corrected chi connectivity index (χ3v) is 5.10. The van der Waals surface area contributed by atoms with E-state index in [2.05, 4.69) is 35.4 Å². The molecule has 2 N–H and O–H groups in total. The molecule has 0 aliphatic carbocycles. The summed E-state index contributed by atoms with van der Waals surface area (Å²) in [4.78, 5) is 7.30. The molecule has 7 heteroatoms. The molecule has 0 amide bonds. The van der Waals surface area contributed by atoms with Crippen molar-refractivity contribution in [3.05, 3.63) is 23.8 Å². The van der Waals surface area contributed by atoms with Crippen molar-refractivity contribution in [1.82, 2.24) is 15.5 Å². The molecule has 1 aliphatic heterocycles. The molecule has 0 bridgehead atoms. The molecule has 0 spiro atoms. The van der Waals surface area contributed by atoms with Gasteiger partial charge in [0.25, 0.3) is 0 Å². The molecule has 0 saturated carbocycles. The standard InChI is InChI=1S/C21H36N4O2.HI/c1-5-22-21(24-13-15-25-14-7-6-8-17(25)2)23-12-11-18-9-10-19(26-3)20(16-18)27-4;/h9-10,16-17H,5-8,11-15H2,1-4H3,(H2,22,23,24);1H. The third-order valence-electron chi connectivity index (χ3n) is 5.10. The molecule has 1 aromatic carbocycles. The second-order valence-corrected chi connectivity index (χ2v) is 7.01. The second-order valence-electron chi connectivity index (χ2n) is 7.01. The van der Waals surface area contributed by atoms with Crippen LogP contribution in [0.25, 0.3) is 0 Å². The van der Waals surface area contributed by atoms with Crippen LogP contribution in [0.1, 0.15) is 38.7 Å². The number of piperidine rings is 1. The van der Waals surface area contributed by atoms with E-state index in [0.29, 0.717) is 6.04 Å². The minimum atomic E-state index is 0. The van der Waals surface area contributed by atoms with Gasteiger partial charge in [-0.3, -0.25) is 9.89 Å². The van der Waals surface area contributed by atoms with Crippen molar-refractivity contribution < 1.29 is 9.47 Å². The Morgan fingerprint density at radius 3 is 2.64 bits per heavy atom. The van der Waals surface area contributed by atoms with Crippen LogP contribution < -0.4 is 20.1 Å². The first-order valence-corrected chi connectivity index (χ1v) is 10.1. The van der Waals surface area contributed by atoms with Crippen molar-refractivity contribution in [2.45, 2.75) is 45.6 Å². The first kappa shape index (κ1) is 24.8. The number of methoxy groups -OCH3 is 2. The van der Waals surface area contributed by atoms with Crippen molar-refractivity contribution in [3.63, 3.8) is 0 Å². The molecule has 1 fully saturated rings. The summed E-state index contributed by atoms with van der Waals surface area (Å²) in [6.45, 7) is 9.18. The average Bonchev–Trinajstić information content (AvgIpc) is 2.69. The van der Waals surface area contributed by atoms with Crippen LogP contribution in [-0.2, 0) is 6.42 Å². The van der Waals surface area contributed by atoms with Crippen LogP contribution in [-0.4, -0.2) is 63.8 Å². The Balaban J connectivity index is 0.00000392. The van der Waals surface area contributed by atoms with Crippen molar-refractivity contribution in [2.75, 3.05) is 46.9 Å². The number of ether oxygens (including phenoxy) is 2. The summed E-state index contributed by atoms with van der Waals surface area (Å²) in [5.74, 6) is 2.42. The number of halogens is 1. The zero-order valence-corrected chi connectivity index (χ0v) is 20.1. The molecule has 0 radical (unpaired) electrons. The van der Waals surface area contributed by atoms with Crippen molar-refractivity contribution in [3.8, 4) is 11.5 Å². The van der Waals surface area contributed by atoms with Gasteiger partial charge in [0.1, 0.15) is 0 Å². The summed E-state index contributed by atoms with van der Waals surface area (Å²) in [5.41, 5.74) is 1.21. The lowest BCUT2D eigenvalue weighted by Crippen LogP contribution is -2.41. The highest BCUT2D eigenvalue weighted by atomic mass is 127. The summed E-state index contributed by atoms with van der Waals surface area (Å²) < 4.78 is 10.7. The monoisotopic (exact) mass is 504 g/mol. The van der Waals surface area contributed by atoms with Crippen LogP contribution in [0, 0.1) is 0 Å². The molecule has 1 aliphatic rings. The van der Waals surface area contributed by atoms with Gasteiger partial charge in [-0.25, -0.2) is 0 Å². The maximum atomic E-state index is 5.38. The second kappa shape index (κ2) is 13.9. The molecule has 1 heterocycles. The molecule has 1 aromatic rings. The van der Waals surface area contributed by atoms with Crippen LogP contribution in [0.3, 0.4) is 0 Å². The summed E-state index contributed by atoms with van der Waals surface area (Å²) in [6.07, 6.45) is 4.89. The van der Waals surface area contributed by atoms with Crippen LogP contribution in [0.2, 0.25) is 0 Å². The van der Waals surface area contributed by atoms with E-state index < -0.39 is 0 Å². The molecular weight excluding hydrogens is 467 g/mol. The van der Waals surface area contributed by atoms with Gasteiger partial charge < -0.3 is 20.1 Å². The number of benzene rings is 1. The molecule has 160 valence electrons. The number of hydrogen-bond acceptors (Lipinski definition) is 4. The quantitative estimate of drug-likeness (QED) is 0.307. The maximum Gasteiger partial charge on any atom is 0.191 e. The fraction of sp³-hybridized carbons (Fsp3) is 0.667. The van der Waals surface area contributed by atoms with Gasteiger partial charge in [0.2, 0.25) is 0 Å². The SMILES string of the molecule is CCNC(=NCCN1CCCCC1C)NCCc1ccc(OC)c(OC)c1.I. The predicted octanol–water partition coefficient (Wildman–Crippen LogP) is 3.29. The molecule has 1 unspecified atom stereocenters. The first-order chi connectivity index (χ1) is 13.2. The molecular formula is C21H37IN4O2. The first-order valence-electron chi connectivity index (χ1n) is 10.1. The highest BCUT2D eigenvalue weighted by molar-refractivity contribution is 14.0. The van der Waals surface area contributed by atoms with Crippen molar-refractivity contribution in [1.29, 1.82) is 0 Å². The number of nitrogens with zero attached hydrogens (tertiary/aromatic N) is 2. The Labute approximate surface area is 187 Å². The minimum Gasteiger partial charge on any atom is -0.493 e. The third kappa shape index (κ3) is 8.03. The lowest BCUT2D eigenvalue weighted by molar-refractivity contribution is 0.166. The number of hydrogen-bond donors (Lipinski definition) is 2. The highest BCUT2D eigenvalue weighted by Gasteiger charge is 2.17. The van der Waals surface area contributed by atoms with Gasteiger partial charge >= 0.3 is 0 Å². The summed E-state index contributed by atoms with van der Waals surface area (Å²) in [6, 6.07) is 6.75. The Morgan fingerprint density at radius 1 is 1.18 bits per heavy atom. The molecule has 28 heavy (non-hydrogen) atoms. The zero-order chi connectivity index (χ0) is 19.5. The average molecular weight is 504 g/mol. The number of likely N-dealkylation sites (tertiary alicyclic amines) is 1. The molecule has 0 aromatic heterocycles. The minimum absolute atomic E-state index is 0. The van der Waals surface area contributed by atoms with Gasteiger partial charge in [0, 0.05) is 25.7 Å². The molecule has 6 nitrogen and oxygen atoms in total. The van der Waals surface area contributed by atoms with Gasteiger partial charge in [-0.1, -0.05) is 12.5 Å². The van der Waals surface area contributed by atoms with Crippen molar-refractivity contribution in [2.24, 2.45) is 4.99 Å². The van der Waals surface area contributed by atoms with Gasteiger partial charge in [-0.05, 0) is 57.4 Å². The molecule has 1 atom stereocenters. The normalized spacial score (nSPS) is 17.6. The van der Waals surface area contributed by atoms with Crippen LogP contribution in [0.5, 0.6) is 11.5 Å². The Hall–Kier alpha value is -1.22. The van der Waals surface area contributed by atoms with Gasteiger partial charge in [-0.15, -0.1) is 24.0 Å². The largest absolute Gasteiger partial charge is 0.493 e. The molecule has 2 rings (SSSR count). The van der Waals surface area contributed by atoms with E-state index in [1.165, 1.54) is 31.4 Å². The van der Waals surface area contributed by atoms with E-state index in [0.717, 1.165) is 50.1 Å². The van der Waals surface area contributed by atoms with E-state index in [1.807, 2.05) is 12.1 Å². The number of rotatable bonds is 9. The van der Waals surface area contributed by atoms with E-state index in [1.54, 1.807) is 14.2 Å². The van der Waals surface area contributed by atoms with E-state index in [9.17, 15) is 0 Å². The topological polar surface area (TPSA) is 58.1 Å². The van der Waals surface area contributed by atoms with Crippen LogP contribution >= 0.6 is 24.0 Å². The fourth-order valence-corrected chi connectivity index (χ4v) is 3.48. The smallest absolute Gasteiger partial charge is 0.191 e. The number of guanidine groups is 1. The summed E-state index contributed by atoms with van der Waals surface area (Å²) in [5, 5.41) is 6.77. The lowest BCUT2D eigenvalue weighted by atomic mass is 10.0. The Bertz CT molecular complexity index is 598. The van der Waals surface area contributed by atoms with Crippen LogP contribution in [0.4, 0.5) is 0 Å². The van der Waals surface area contributed by atoms with Crippen molar-refractivity contribution >= 4 is 29.9 Å². The molecule has 1 saturated heterocycles. The van der Waals surface area contributed by atoms with E-state index in [-0.39, 0.29) is 24.0 Å². The number of aliphatic imine (C=N–C) groups is 1. The summed E-state index contributed by atoms with van der Waals surface area (Å²) in [7, 11) is 3.32. The van der Waals surface area contributed by atoms with E-state index in [4.69, 9.17) is 14.5 Å². The fourth-order valence-electron chi connectivity index (χ4n) is 3.48. The van der Waals surface area contributed by atoms with Gasteiger partial charge in [-0.2, -0.15) is 0 Å². The predicted molar refractivity (Wildman–Crippen MR) is 128 cm³/mol. The summed E-state index contributed by atoms with van der Waals surface area (Å²) >= 11 is 0. The zero-order valence-electron chi connectivity index (χ0n) is 17.8. The van der Waals surface area contributed by atoms with Crippen LogP contribution in [0.15, 0.2) is 23.2 Å². The van der Waals surface area contributed by atoms with Gasteiger partial charge in [0.15, 0.2) is 17.5 Å². The Kier molecular flexibility index (Phi) is 12.3. The van der Waals surface area contributed by atoms with Gasteiger partial charge in [0.05, 0.1) is 20.8 Å². The maximum absolute atomic E-state index is 5.38. The highest BCUT2D eigenvalue weighted by Crippen LogP contribution is 2.27. The van der Waals surface area contributed by atoms with E-state index >= 15 is 0 Å². The number of nitrogens with one attached hydrogen (secondary N) is 2. The Morgan fingerprint density at radius 2 is 1.96 bits per heavy atom.